The van der Waals surface area contributed by atoms with E-state index in [-0.39, 0.29) is 5.97 Å². The summed E-state index contributed by atoms with van der Waals surface area (Å²) in [4.78, 5) is 11.2. The zero-order chi connectivity index (χ0) is 13.9. The number of hydrogen-bond donors (Lipinski definition) is 0. The molecule has 0 spiro atoms. The van der Waals surface area contributed by atoms with Crippen molar-refractivity contribution in [3.63, 3.8) is 0 Å². The monoisotopic (exact) mass is 264 g/mol. The molecule has 0 aliphatic carbocycles. The van der Waals surface area contributed by atoms with Crippen molar-refractivity contribution in [2.75, 3.05) is 27.4 Å². The molecule has 0 saturated heterocycles. The third kappa shape index (κ3) is 6.06. The highest BCUT2D eigenvalue weighted by Crippen LogP contribution is 2.07. The molecule has 0 aliphatic heterocycles. The van der Waals surface area contributed by atoms with Crippen molar-refractivity contribution < 1.29 is 19.0 Å². The van der Waals surface area contributed by atoms with Crippen molar-refractivity contribution in [3.05, 3.63) is 41.7 Å². The third-order valence-corrected chi connectivity index (χ3v) is 2.55. The number of esters is 1. The van der Waals surface area contributed by atoms with Gasteiger partial charge in [-0.15, -0.1) is 0 Å². The molecular weight excluding hydrogens is 244 g/mol. The van der Waals surface area contributed by atoms with Crippen LogP contribution in [-0.4, -0.2) is 33.4 Å². The van der Waals surface area contributed by atoms with E-state index in [9.17, 15) is 4.79 Å². The van der Waals surface area contributed by atoms with Crippen LogP contribution in [0.3, 0.4) is 0 Å². The number of ether oxygens (including phenoxy) is 3. The zero-order valence-corrected chi connectivity index (χ0v) is 11.4. The lowest BCUT2D eigenvalue weighted by Crippen LogP contribution is -2.00. The van der Waals surface area contributed by atoms with Gasteiger partial charge in [-0.05, 0) is 36.6 Å². The smallest absolute Gasteiger partial charge is 0.337 e. The minimum absolute atomic E-state index is 0.329. The van der Waals surface area contributed by atoms with Crippen molar-refractivity contribution in [3.8, 4) is 0 Å². The summed E-state index contributed by atoms with van der Waals surface area (Å²) in [5.41, 5.74) is 1.52. The summed E-state index contributed by atoms with van der Waals surface area (Å²) in [7, 11) is 3.06. The first-order chi connectivity index (χ1) is 9.27. The second-order valence-corrected chi connectivity index (χ2v) is 3.99. The Bertz CT molecular complexity index is 395. The molecule has 0 unspecified atom stereocenters. The normalized spacial score (nSPS) is 10.6. The Morgan fingerprint density at radius 2 is 1.79 bits per heavy atom. The predicted octanol–water partition coefficient (Wildman–Crippen LogP) is 2.89. The van der Waals surface area contributed by atoms with Crippen LogP contribution in [0, 0.1) is 0 Å². The molecule has 0 radical (unpaired) electrons. The van der Waals surface area contributed by atoms with E-state index in [0.717, 1.165) is 25.0 Å². The average Bonchev–Trinajstić information content (AvgIpc) is 2.46. The first-order valence-corrected chi connectivity index (χ1v) is 6.23. The van der Waals surface area contributed by atoms with Crippen molar-refractivity contribution in [2.45, 2.75) is 12.8 Å². The summed E-state index contributed by atoms with van der Waals surface area (Å²) < 4.78 is 14.9. The van der Waals surface area contributed by atoms with Crippen LogP contribution in [-0.2, 0) is 14.2 Å². The van der Waals surface area contributed by atoms with Crippen LogP contribution in [0.5, 0.6) is 0 Å². The number of methoxy groups -OCH3 is 2. The standard InChI is InChI=1S/C15H20O4/c1-17-10-3-4-11-19-12-9-13-5-7-14(8-6-13)15(16)18-2/h5-9,12H,3-4,10-11H2,1-2H3/b12-9+. The number of carbonyl (C=O) groups excluding carboxylic acids is 1. The van der Waals surface area contributed by atoms with Crippen LogP contribution < -0.4 is 0 Å². The van der Waals surface area contributed by atoms with E-state index in [2.05, 4.69) is 4.74 Å². The lowest BCUT2D eigenvalue weighted by molar-refractivity contribution is 0.0600. The Labute approximate surface area is 114 Å². The highest BCUT2D eigenvalue weighted by atomic mass is 16.5. The van der Waals surface area contributed by atoms with Gasteiger partial charge in [-0.1, -0.05) is 12.1 Å². The molecule has 0 aromatic heterocycles. The molecule has 104 valence electrons. The van der Waals surface area contributed by atoms with Gasteiger partial charge in [0.2, 0.25) is 0 Å². The molecule has 1 aromatic carbocycles. The molecule has 0 fully saturated rings. The number of rotatable bonds is 8. The summed E-state index contributed by atoms with van der Waals surface area (Å²) in [6.07, 6.45) is 5.49. The molecule has 0 aliphatic rings. The lowest BCUT2D eigenvalue weighted by atomic mass is 10.1. The fourth-order valence-corrected chi connectivity index (χ4v) is 1.47. The topological polar surface area (TPSA) is 44.8 Å². The van der Waals surface area contributed by atoms with Crippen LogP contribution in [0.25, 0.3) is 6.08 Å². The predicted molar refractivity (Wildman–Crippen MR) is 73.9 cm³/mol. The summed E-state index contributed by atoms with van der Waals surface area (Å²) >= 11 is 0. The van der Waals surface area contributed by atoms with E-state index in [1.165, 1.54) is 7.11 Å². The molecule has 0 saturated carbocycles. The van der Waals surface area contributed by atoms with Gasteiger partial charge in [-0.25, -0.2) is 4.79 Å². The second kappa shape index (κ2) is 9.16. The van der Waals surface area contributed by atoms with Crippen LogP contribution >= 0.6 is 0 Å². The molecule has 0 N–H and O–H groups in total. The quantitative estimate of drug-likeness (QED) is 0.411. The van der Waals surface area contributed by atoms with E-state index in [1.54, 1.807) is 25.5 Å². The number of benzene rings is 1. The molecule has 19 heavy (non-hydrogen) atoms. The summed E-state index contributed by atoms with van der Waals surface area (Å²) in [6, 6.07) is 7.14. The highest BCUT2D eigenvalue weighted by Gasteiger charge is 2.02. The Morgan fingerprint density at radius 3 is 2.42 bits per heavy atom. The third-order valence-electron chi connectivity index (χ3n) is 2.55. The van der Waals surface area contributed by atoms with Gasteiger partial charge in [0.05, 0.1) is 25.5 Å². The Morgan fingerprint density at radius 1 is 1.11 bits per heavy atom. The van der Waals surface area contributed by atoms with Crippen molar-refractivity contribution >= 4 is 12.0 Å². The molecule has 0 amide bonds. The van der Waals surface area contributed by atoms with Gasteiger partial charge in [0.15, 0.2) is 0 Å². The van der Waals surface area contributed by atoms with Gasteiger partial charge >= 0.3 is 5.97 Å². The van der Waals surface area contributed by atoms with Crippen LogP contribution in [0.1, 0.15) is 28.8 Å². The van der Waals surface area contributed by atoms with Crippen LogP contribution in [0.15, 0.2) is 30.5 Å². The number of unbranched alkanes of at least 4 members (excludes halogenated alkanes) is 1. The molecule has 0 atom stereocenters. The molecule has 4 heteroatoms. The maximum Gasteiger partial charge on any atom is 0.337 e. The second-order valence-electron chi connectivity index (χ2n) is 3.99. The average molecular weight is 264 g/mol. The number of hydrogen-bond acceptors (Lipinski definition) is 4. The largest absolute Gasteiger partial charge is 0.501 e. The summed E-state index contributed by atoms with van der Waals surface area (Å²) in [5.74, 6) is -0.329. The van der Waals surface area contributed by atoms with Gasteiger partial charge in [-0.3, -0.25) is 0 Å². The van der Waals surface area contributed by atoms with Gasteiger partial charge in [0.25, 0.3) is 0 Å². The van der Waals surface area contributed by atoms with Gasteiger partial charge in [-0.2, -0.15) is 0 Å². The first kappa shape index (κ1) is 15.2. The van der Waals surface area contributed by atoms with E-state index < -0.39 is 0 Å². The van der Waals surface area contributed by atoms with E-state index >= 15 is 0 Å². The summed E-state index contributed by atoms with van der Waals surface area (Å²) in [6.45, 7) is 1.45. The van der Waals surface area contributed by atoms with Gasteiger partial charge in [0.1, 0.15) is 0 Å². The van der Waals surface area contributed by atoms with E-state index in [0.29, 0.717) is 12.2 Å². The van der Waals surface area contributed by atoms with Crippen molar-refractivity contribution in [1.29, 1.82) is 0 Å². The Hall–Kier alpha value is -1.81. The first-order valence-electron chi connectivity index (χ1n) is 6.23. The maximum atomic E-state index is 11.2. The lowest BCUT2D eigenvalue weighted by Gasteiger charge is -2.01. The molecule has 0 heterocycles. The van der Waals surface area contributed by atoms with Gasteiger partial charge < -0.3 is 14.2 Å². The zero-order valence-electron chi connectivity index (χ0n) is 11.4. The fraction of sp³-hybridized carbons (Fsp3) is 0.400. The molecular formula is C15H20O4. The summed E-state index contributed by atoms with van der Waals surface area (Å²) in [5, 5.41) is 0. The van der Waals surface area contributed by atoms with Crippen LogP contribution in [0.2, 0.25) is 0 Å². The highest BCUT2D eigenvalue weighted by molar-refractivity contribution is 5.89. The van der Waals surface area contributed by atoms with E-state index in [4.69, 9.17) is 9.47 Å². The fourth-order valence-electron chi connectivity index (χ4n) is 1.47. The molecule has 4 nitrogen and oxygen atoms in total. The SMILES string of the molecule is COCCCCO/C=C/c1ccc(C(=O)OC)cc1. The molecule has 0 bridgehead atoms. The molecule has 1 rings (SSSR count). The minimum Gasteiger partial charge on any atom is -0.501 e. The van der Waals surface area contributed by atoms with Crippen molar-refractivity contribution in [1.82, 2.24) is 0 Å². The Balaban J connectivity index is 2.30. The van der Waals surface area contributed by atoms with Gasteiger partial charge in [0, 0.05) is 13.7 Å². The maximum absolute atomic E-state index is 11.2. The van der Waals surface area contributed by atoms with Crippen LogP contribution in [0.4, 0.5) is 0 Å². The molecule has 1 aromatic rings. The minimum atomic E-state index is -0.329. The van der Waals surface area contributed by atoms with Crippen molar-refractivity contribution in [2.24, 2.45) is 0 Å². The Kier molecular flexibility index (Phi) is 7.35. The number of carbonyl (C=O) groups is 1. The van der Waals surface area contributed by atoms with E-state index in [1.807, 2.05) is 18.2 Å².